The molecule has 2 aromatic carbocycles. The van der Waals surface area contributed by atoms with Gasteiger partial charge in [-0.25, -0.2) is 13.2 Å². The average Bonchev–Trinajstić information content (AvgIpc) is 2.87. The fourth-order valence-corrected chi connectivity index (χ4v) is 5.21. The van der Waals surface area contributed by atoms with E-state index in [1.54, 1.807) is 18.2 Å². The number of aliphatic carboxylic acids is 1. The van der Waals surface area contributed by atoms with E-state index >= 15 is 0 Å². The molecule has 2 N–H and O–H groups in total. The molecule has 0 spiro atoms. The van der Waals surface area contributed by atoms with Gasteiger partial charge in [-0.1, -0.05) is 0 Å². The number of likely N-dealkylation sites (tertiary alicyclic amines) is 1. The van der Waals surface area contributed by atoms with Gasteiger partial charge in [-0.05, 0) is 62.4 Å². The first kappa shape index (κ1) is 27.7. The summed E-state index contributed by atoms with van der Waals surface area (Å²) in [6.45, 7) is 1.95. The van der Waals surface area contributed by atoms with Crippen LogP contribution in [0.4, 0.5) is 13.2 Å². The molecule has 0 unspecified atom stereocenters. The topological polar surface area (TPSA) is 92.1 Å². The van der Waals surface area contributed by atoms with E-state index < -0.39 is 34.9 Å². The Morgan fingerprint density at radius 1 is 1.11 bits per heavy atom. The number of carboxylic acids is 1. The van der Waals surface area contributed by atoms with Crippen LogP contribution >= 0.6 is 0 Å². The molecule has 0 radical (unpaired) electrons. The summed E-state index contributed by atoms with van der Waals surface area (Å²) in [5.74, 6) is -2.34. The van der Waals surface area contributed by atoms with E-state index in [0.29, 0.717) is 55.5 Å². The number of fused-ring (bicyclic) bond motifs is 1. The second kappa shape index (κ2) is 12.0. The molecule has 10 heteroatoms. The van der Waals surface area contributed by atoms with Crippen LogP contribution < -0.4 is 9.47 Å². The summed E-state index contributed by atoms with van der Waals surface area (Å²) in [6, 6.07) is 8.05. The lowest BCUT2D eigenvalue weighted by atomic mass is 9.71. The summed E-state index contributed by atoms with van der Waals surface area (Å²) in [5, 5.41) is 21.1. The average molecular weight is 533 g/mol. The number of aromatic nitrogens is 1. The number of methoxy groups -OCH3 is 1. The van der Waals surface area contributed by atoms with Gasteiger partial charge in [0.25, 0.3) is 0 Å². The summed E-state index contributed by atoms with van der Waals surface area (Å²) in [5.41, 5.74) is 0.105. The number of benzene rings is 2. The van der Waals surface area contributed by atoms with Crippen molar-refractivity contribution in [2.45, 2.75) is 38.2 Å². The van der Waals surface area contributed by atoms with Gasteiger partial charge in [0.15, 0.2) is 0 Å². The molecule has 38 heavy (non-hydrogen) atoms. The van der Waals surface area contributed by atoms with Crippen LogP contribution in [0.3, 0.4) is 0 Å². The minimum Gasteiger partial charge on any atom is -0.497 e. The largest absolute Gasteiger partial charge is 0.497 e. The van der Waals surface area contributed by atoms with Crippen LogP contribution in [0.15, 0.2) is 42.6 Å². The van der Waals surface area contributed by atoms with Crippen LogP contribution in [0, 0.1) is 22.9 Å². The smallest absolute Gasteiger partial charge is 0.303 e. The van der Waals surface area contributed by atoms with Crippen LogP contribution in [0.25, 0.3) is 10.9 Å². The van der Waals surface area contributed by atoms with Gasteiger partial charge >= 0.3 is 5.97 Å². The third-order valence-electron chi connectivity index (χ3n) is 7.30. The molecule has 0 aliphatic carbocycles. The molecule has 1 aliphatic heterocycles. The number of carbonyl (C=O) groups is 1. The second-order valence-corrected chi connectivity index (χ2v) is 9.82. The highest BCUT2D eigenvalue weighted by molar-refractivity contribution is 5.84. The molecule has 1 aromatic heterocycles. The molecule has 0 saturated carbocycles. The number of aliphatic hydroxyl groups excluding tert-OH is 1. The second-order valence-electron chi connectivity index (χ2n) is 9.82. The fourth-order valence-electron chi connectivity index (χ4n) is 5.21. The van der Waals surface area contributed by atoms with Crippen LogP contribution in [-0.2, 0) is 4.79 Å². The van der Waals surface area contributed by atoms with Crippen molar-refractivity contribution in [2.24, 2.45) is 5.41 Å². The van der Waals surface area contributed by atoms with Crippen LogP contribution in [0.2, 0.25) is 0 Å². The fraction of sp³-hybridized carbons (Fsp3) is 0.429. The number of piperidine rings is 1. The van der Waals surface area contributed by atoms with E-state index in [4.69, 9.17) is 9.47 Å². The number of pyridine rings is 1. The molecular formula is C28H31F3N2O5. The van der Waals surface area contributed by atoms with Gasteiger partial charge in [0.1, 0.15) is 35.6 Å². The Bertz CT molecular complexity index is 1260. The Morgan fingerprint density at radius 3 is 2.47 bits per heavy atom. The number of rotatable bonds is 11. The lowest BCUT2D eigenvalue weighted by Gasteiger charge is -2.41. The van der Waals surface area contributed by atoms with Crippen molar-refractivity contribution < 1.29 is 37.7 Å². The van der Waals surface area contributed by atoms with E-state index in [-0.39, 0.29) is 30.8 Å². The lowest BCUT2D eigenvalue weighted by molar-refractivity contribution is -0.141. The van der Waals surface area contributed by atoms with E-state index in [1.165, 1.54) is 7.11 Å². The van der Waals surface area contributed by atoms with Crippen molar-refractivity contribution >= 4 is 16.9 Å². The van der Waals surface area contributed by atoms with E-state index in [9.17, 15) is 28.2 Å². The van der Waals surface area contributed by atoms with Gasteiger partial charge in [-0.15, -0.1) is 0 Å². The van der Waals surface area contributed by atoms with Crippen molar-refractivity contribution in [3.05, 3.63) is 65.6 Å². The first-order chi connectivity index (χ1) is 18.2. The number of hydrogen-bond acceptors (Lipinski definition) is 6. The molecular weight excluding hydrogens is 501 g/mol. The van der Waals surface area contributed by atoms with Crippen LogP contribution in [0.5, 0.6) is 11.5 Å². The zero-order valence-corrected chi connectivity index (χ0v) is 21.1. The monoisotopic (exact) mass is 532 g/mol. The molecule has 1 saturated heterocycles. The van der Waals surface area contributed by atoms with E-state index in [1.807, 2.05) is 0 Å². The number of nitrogens with zero attached hydrogens (tertiary/aromatic N) is 2. The van der Waals surface area contributed by atoms with Crippen LogP contribution in [0.1, 0.15) is 43.8 Å². The number of ether oxygens (including phenoxy) is 2. The summed E-state index contributed by atoms with van der Waals surface area (Å²) in [4.78, 5) is 17.9. The Labute approximate surface area is 218 Å². The van der Waals surface area contributed by atoms with Gasteiger partial charge in [-0.3, -0.25) is 14.7 Å². The third kappa shape index (κ3) is 6.73. The molecule has 1 aliphatic rings. The predicted molar refractivity (Wildman–Crippen MR) is 135 cm³/mol. The van der Waals surface area contributed by atoms with Crippen molar-refractivity contribution in [2.75, 3.05) is 33.4 Å². The normalized spacial score (nSPS) is 16.3. The van der Waals surface area contributed by atoms with Crippen molar-refractivity contribution in [3.8, 4) is 11.5 Å². The minimum atomic E-state index is -1.14. The number of hydrogen-bond donors (Lipinski definition) is 2. The predicted octanol–water partition coefficient (Wildman–Crippen LogP) is 5.11. The number of carboxylic acid groups (broad SMARTS) is 1. The Hall–Kier alpha value is -3.37. The minimum absolute atomic E-state index is 0.0555. The quantitative estimate of drug-likeness (QED) is 0.355. The molecule has 0 amide bonds. The van der Waals surface area contributed by atoms with Crippen LogP contribution in [-0.4, -0.2) is 59.4 Å². The zero-order chi connectivity index (χ0) is 27.3. The summed E-state index contributed by atoms with van der Waals surface area (Å²) < 4.78 is 52.2. The molecule has 0 bridgehead atoms. The first-order valence-corrected chi connectivity index (χ1v) is 12.5. The van der Waals surface area contributed by atoms with Crippen molar-refractivity contribution in [3.63, 3.8) is 0 Å². The first-order valence-electron chi connectivity index (χ1n) is 12.5. The number of halogens is 3. The molecule has 2 heterocycles. The Balaban J connectivity index is 1.38. The third-order valence-corrected chi connectivity index (χ3v) is 7.30. The summed E-state index contributed by atoms with van der Waals surface area (Å²) in [6.07, 6.45) is 1.63. The molecule has 204 valence electrons. The SMILES string of the molecule is COc1ccc2ncc(F)c([C@@H](O)CCC3(CC(=O)O)CCN(CCOc4cc(F)cc(F)c4)CC3)c2c1. The highest BCUT2D eigenvalue weighted by atomic mass is 19.1. The maximum absolute atomic E-state index is 14.8. The van der Waals surface area contributed by atoms with E-state index in [2.05, 4.69) is 9.88 Å². The van der Waals surface area contributed by atoms with Gasteiger partial charge in [-0.2, -0.15) is 0 Å². The Kier molecular flexibility index (Phi) is 8.73. The number of aliphatic hydroxyl groups is 1. The van der Waals surface area contributed by atoms with Gasteiger partial charge in [0.2, 0.25) is 0 Å². The lowest BCUT2D eigenvalue weighted by Crippen LogP contribution is -2.42. The summed E-state index contributed by atoms with van der Waals surface area (Å²) in [7, 11) is 1.50. The van der Waals surface area contributed by atoms with Gasteiger partial charge < -0.3 is 19.7 Å². The molecule has 7 nitrogen and oxygen atoms in total. The van der Waals surface area contributed by atoms with Gasteiger partial charge in [0, 0.05) is 35.7 Å². The summed E-state index contributed by atoms with van der Waals surface area (Å²) >= 11 is 0. The van der Waals surface area contributed by atoms with E-state index in [0.717, 1.165) is 24.4 Å². The zero-order valence-electron chi connectivity index (χ0n) is 21.1. The maximum Gasteiger partial charge on any atom is 0.303 e. The standard InChI is InChI=1S/C28H31F3N2O5/c1-37-20-2-3-24-22(15-20)27(23(31)17-32-24)25(34)4-5-28(16-26(35)36)6-8-33(9-7-28)10-11-38-21-13-18(29)12-19(30)14-21/h2-3,12-15,17,25,34H,4-11,16H2,1H3,(H,35,36)/t25-/m0/s1. The molecule has 3 aromatic rings. The maximum atomic E-state index is 14.8. The molecule has 4 rings (SSSR count). The van der Waals surface area contributed by atoms with Crippen molar-refractivity contribution in [1.29, 1.82) is 0 Å². The van der Waals surface area contributed by atoms with Crippen molar-refractivity contribution in [1.82, 2.24) is 9.88 Å². The highest BCUT2D eigenvalue weighted by Gasteiger charge is 2.37. The van der Waals surface area contributed by atoms with Gasteiger partial charge in [0.05, 0.1) is 31.3 Å². The molecule has 1 atom stereocenters. The Morgan fingerprint density at radius 2 is 1.82 bits per heavy atom. The molecule has 1 fully saturated rings. The highest BCUT2D eigenvalue weighted by Crippen LogP contribution is 2.42.